The zero-order valence-corrected chi connectivity index (χ0v) is 8.63. The number of fused-ring (bicyclic) bond motifs is 1. The molecule has 1 saturated heterocycles. The van der Waals surface area contributed by atoms with E-state index in [1.807, 2.05) is 6.92 Å². The van der Waals surface area contributed by atoms with E-state index in [0.717, 1.165) is 0 Å². The fourth-order valence-corrected chi connectivity index (χ4v) is 3.72. The summed E-state index contributed by atoms with van der Waals surface area (Å²) in [4.78, 5) is 0. The van der Waals surface area contributed by atoms with E-state index in [1.165, 1.54) is 0 Å². The fraction of sp³-hybridized carbons (Fsp3) is 1.00. The van der Waals surface area contributed by atoms with Crippen LogP contribution in [0.4, 0.5) is 0 Å². The Morgan fingerprint density at radius 2 is 1.92 bits per heavy atom. The normalized spacial score (nSPS) is 39.1. The minimum Gasteiger partial charge on any atom is -0.327 e. The van der Waals surface area contributed by atoms with Crippen LogP contribution in [0.3, 0.4) is 0 Å². The molecule has 13 heavy (non-hydrogen) atoms. The molecule has 2 atom stereocenters. The Morgan fingerprint density at radius 1 is 1.38 bits per heavy atom. The van der Waals surface area contributed by atoms with E-state index in [1.54, 1.807) is 4.31 Å². The summed E-state index contributed by atoms with van der Waals surface area (Å²) in [6.45, 7) is 3.21. The van der Waals surface area contributed by atoms with Crippen LogP contribution in [0.2, 0.25) is 0 Å². The monoisotopic (exact) mass is 204 g/mol. The molecule has 76 valence electrons. The predicted molar refractivity (Wildman–Crippen MR) is 50.6 cm³/mol. The van der Waals surface area contributed by atoms with Crippen molar-refractivity contribution < 1.29 is 8.42 Å². The van der Waals surface area contributed by atoms with E-state index in [9.17, 15) is 8.42 Å². The summed E-state index contributed by atoms with van der Waals surface area (Å²) in [5, 5.41) is 0. The lowest BCUT2D eigenvalue weighted by atomic mass is 10.4. The summed E-state index contributed by atoms with van der Waals surface area (Å²) >= 11 is 0. The molecule has 1 aliphatic heterocycles. The number of hydrogen-bond acceptors (Lipinski definition) is 3. The topological polar surface area (TPSA) is 63.4 Å². The van der Waals surface area contributed by atoms with Crippen LogP contribution in [0, 0.1) is 11.8 Å². The van der Waals surface area contributed by atoms with Gasteiger partial charge in [-0.3, -0.25) is 0 Å². The van der Waals surface area contributed by atoms with Gasteiger partial charge in [-0.25, -0.2) is 12.7 Å². The van der Waals surface area contributed by atoms with Gasteiger partial charge in [-0.1, -0.05) is 6.92 Å². The third-order valence-corrected chi connectivity index (χ3v) is 5.09. The molecule has 0 bridgehead atoms. The Hall–Kier alpha value is -0.130. The molecule has 1 heterocycles. The maximum atomic E-state index is 11.6. The van der Waals surface area contributed by atoms with Crippen LogP contribution in [0.5, 0.6) is 0 Å². The Balaban J connectivity index is 1.98. The molecule has 2 fully saturated rings. The third-order valence-electron chi connectivity index (χ3n) is 3.08. The SMILES string of the molecule is CCCS(=O)(=O)N1CC2C(N)C2C1. The van der Waals surface area contributed by atoms with Gasteiger partial charge in [0.15, 0.2) is 0 Å². The first-order valence-electron chi connectivity index (χ1n) is 4.79. The lowest BCUT2D eigenvalue weighted by molar-refractivity contribution is 0.432. The van der Waals surface area contributed by atoms with Gasteiger partial charge in [-0.15, -0.1) is 0 Å². The molecule has 5 heteroatoms. The van der Waals surface area contributed by atoms with Crippen molar-refractivity contribution in [3.63, 3.8) is 0 Å². The first kappa shape index (κ1) is 9.43. The van der Waals surface area contributed by atoms with E-state index >= 15 is 0 Å². The van der Waals surface area contributed by atoms with Crippen LogP contribution in [0.15, 0.2) is 0 Å². The maximum absolute atomic E-state index is 11.6. The van der Waals surface area contributed by atoms with Crippen molar-refractivity contribution in [2.75, 3.05) is 18.8 Å². The van der Waals surface area contributed by atoms with Crippen LogP contribution >= 0.6 is 0 Å². The van der Waals surface area contributed by atoms with Gasteiger partial charge in [-0.05, 0) is 18.3 Å². The number of nitrogens with zero attached hydrogens (tertiary/aromatic N) is 1. The zero-order chi connectivity index (χ0) is 9.64. The van der Waals surface area contributed by atoms with E-state index < -0.39 is 10.0 Å². The Morgan fingerprint density at radius 3 is 2.38 bits per heavy atom. The van der Waals surface area contributed by atoms with Crippen LogP contribution in [-0.2, 0) is 10.0 Å². The molecule has 1 aliphatic carbocycles. The van der Waals surface area contributed by atoms with Crippen molar-refractivity contribution in [1.82, 2.24) is 4.31 Å². The molecule has 0 radical (unpaired) electrons. The van der Waals surface area contributed by atoms with Crippen LogP contribution in [0.25, 0.3) is 0 Å². The first-order valence-corrected chi connectivity index (χ1v) is 6.40. The minimum absolute atomic E-state index is 0.271. The molecular formula is C8H16N2O2S. The highest BCUT2D eigenvalue weighted by Crippen LogP contribution is 2.44. The Bertz CT molecular complexity index is 289. The van der Waals surface area contributed by atoms with Crippen molar-refractivity contribution >= 4 is 10.0 Å². The van der Waals surface area contributed by atoms with Crippen LogP contribution < -0.4 is 5.73 Å². The predicted octanol–water partition coefficient (Wildman–Crippen LogP) is -0.385. The molecule has 4 nitrogen and oxygen atoms in total. The second-order valence-corrected chi connectivity index (χ2v) is 6.13. The van der Waals surface area contributed by atoms with Crippen molar-refractivity contribution in [3.8, 4) is 0 Å². The average molecular weight is 204 g/mol. The second kappa shape index (κ2) is 2.93. The molecule has 2 N–H and O–H groups in total. The Kier molecular flexibility index (Phi) is 2.13. The third kappa shape index (κ3) is 1.49. The van der Waals surface area contributed by atoms with Gasteiger partial charge in [0, 0.05) is 19.1 Å². The summed E-state index contributed by atoms with van der Waals surface area (Å²) in [5.41, 5.74) is 5.73. The van der Waals surface area contributed by atoms with E-state index in [2.05, 4.69) is 0 Å². The molecule has 2 aliphatic rings. The van der Waals surface area contributed by atoms with Crippen molar-refractivity contribution in [2.45, 2.75) is 19.4 Å². The zero-order valence-electron chi connectivity index (χ0n) is 7.81. The highest BCUT2D eigenvalue weighted by atomic mass is 32.2. The molecule has 0 amide bonds. The molecule has 1 saturated carbocycles. The van der Waals surface area contributed by atoms with Gasteiger partial charge >= 0.3 is 0 Å². The lowest BCUT2D eigenvalue weighted by Crippen LogP contribution is -2.35. The lowest BCUT2D eigenvalue weighted by Gasteiger charge is -2.18. The largest absolute Gasteiger partial charge is 0.327 e. The second-order valence-electron chi connectivity index (χ2n) is 4.04. The summed E-state index contributed by atoms with van der Waals surface area (Å²) in [6, 6.07) is 0.271. The van der Waals surface area contributed by atoms with Gasteiger partial charge in [0.1, 0.15) is 0 Å². The van der Waals surface area contributed by atoms with Crippen molar-refractivity contribution in [1.29, 1.82) is 0 Å². The molecule has 0 aromatic rings. The van der Waals surface area contributed by atoms with Gasteiger partial charge < -0.3 is 5.73 Å². The minimum atomic E-state index is -2.96. The molecule has 0 aromatic carbocycles. The first-order chi connectivity index (χ1) is 6.06. The number of piperidine rings is 1. The van der Waals surface area contributed by atoms with Gasteiger partial charge in [0.05, 0.1) is 5.75 Å². The summed E-state index contributed by atoms with van der Waals surface area (Å²) < 4.78 is 24.8. The number of sulfonamides is 1. The van der Waals surface area contributed by atoms with Crippen LogP contribution in [0.1, 0.15) is 13.3 Å². The molecule has 0 spiro atoms. The van der Waals surface area contributed by atoms with Gasteiger partial charge in [0.2, 0.25) is 10.0 Å². The smallest absolute Gasteiger partial charge is 0.214 e. The van der Waals surface area contributed by atoms with Gasteiger partial charge in [-0.2, -0.15) is 0 Å². The van der Waals surface area contributed by atoms with E-state index in [0.29, 0.717) is 31.3 Å². The Labute approximate surface area is 79.1 Å². The quantitative estimate of drug-likeness (QED) is 0.681. The van der Waals surface area contributed by atoms with E-state index in [-0.39, 0.29) is 11.8 Å². The maximum Gasteiger partial charge on any atom is 0.214 e. The number of nitrogens with two attached hydrogens (primary N) is 1. The molecule has 0 aromatic heterocycles. The summed E-state index contributed by atoms with van der Waals surface area (Å²) in [7, 11) is -2.96. The number of rotatable bonds is 3. The van der Waals surface area contributed by atoms with Crippen molar-refractivity contribution in [3.05, 3.63) is 0 Å². The van der Waals surface area contributed by atoms with E-state index in [4.69, 9.17) is 5.73 Å². The number of hydrogen-bond donors (Lipinski definition) is 1. The van der Waals surface area contributed by atoms with Crippen LogP contribution in [-0.4, -0.2) is 37.6 Å². The summed E-state index contributed by atoms with van der Waals surface area (Å²) in [5.74, 6) is 1.18. The fourth-order valence-electron chi connectivity index (χ4n) is 2.15. The molecule has 2 unspecified atom stereocenters. The summed E-state index contributed by atoms with van der Waals surface area (Å²) in [6.07, 6.45) is 0.695. The highest BCUT2D eigenvalue weighted by molar-refractivity contribution is 7.89. The average Bonchev–Trinajstić information content (AvgIpc) is 2.47. The molecular weight excluding hydrogens is 188 g/mol. The van der Waals surface area contributed by atoms with Gasteiger partial charge in [0.25, 0.3) is 0 Å². The molecule has 2 rings (SSSR count). The highest BCUT2D eigenvalue weighted by Gasteiger charge is 2.55. The van der Waals surface area contributed by atoms with Crippen molar-refractivity contribution in [2.24, 2.45) is 17.6 Å². The standard InChI is InChI=1S/C8H16N2O2S/c1-2-3-13(11,12)10-4-6-7(5-10)8(6)9/h6-8H,2-5,9H2,1H3.